The average Bonchev–Trinajstić information content (AvgIpc) is 3.68. The van der Waals surface area contributed by atoms with Gasteiger partial charge in [0.05, 0.1) is 25.2 Å². The molecule has 0 radical (unpaired) electrons. The van der Waals surface area contributed by atoms with Gasteiger partial charge >= 0.3 is 5.97 Å². The van der Waals surface area contributed by atoms with Crippen molar-refractivity contribution in [3.8, 4) is 22.9 Å². The molecule has 0 fully saturated rings. The van der Waals surface area contributed by atoms with E-state index in [0.29, 0.717) is 44.6 Å². The first kappa shape index (κ1) is 26.4. The number of hydrogen-bond acceptors (Lipinski definition) is 8. The lowest BCUT2D eigenvalue weighted by Crippen LogP contribution is -2.26. The zero-order valence-corrected chi connectivity index (χ0v) is 23.5. The Morgan fingerprint density at radius 3 is 2.61 bits per heavy atom. The molecule has 4 aromatic rings. The Hall–Kier alpha value is -3.24. The summed E-state index contributed by atoms with van der Waals surface area (Å²) in [5, 5.41) is 4.23. The molecule has 0 aliphatic heterocycles. The van der Waals surface area contributed by atoms with E-state index in [1.54, 1.807) is 18.6 Å². The molecule has 1 aliphatic rings. The largest absolute Gasteiger partial charge is 0.465 e. The summed E-state index contributed by atoms with van der Waals surface area (Å²) in [6.07, 6.45) is 6.21. The summed E-state index contributed by atoms with van der Waals surface area (Å²) in [6, 6.07) is 7.31. The van der Waals surface area contributed by atoms with Gasteiger partial charge < -0.3 is 23.9 Å². The molecule has 0 aromatic carbocycles. The molecule has 0 spiro atoms. The maximum absolute atomic E-state index is 12.9. The van der Waals surface area contributed by atoms with Crippen LogP contribution in [0.25, 0.3) is 22.9 Å². The first-order valence-corrected chi connectivity index (χ1v) is 14.4. The van der Waals surface area contributed by atoms with Gasteiger partial charge in [0.15, 0.2) is 16.7 Å². The summed E-state index contributed by atoms with van der Waals surface area (Å²) in [7, 11) is 1.38. The number of nitrogens with one attached hydrogen (secondary N) is 2. The van der Waals surface area contributed by atoms with Crippen LogP contribution in [-0.4, -0.2) is 34.7 Å². The fraction of sp³-hybridized carbons (Fsp3) is 0.393. The van der Waals surface area contributed by atoms with Crippen molar-refractivity contribution < 1.29 is 23.2 Å². The summed E-state index contributed by atoms with van der Waals surface area (Å²) in [5.41, 5.74) is 3.10. The molecule has 1 atom stereocenters. The lowest BCUT2D eigenvalue weighted by Gasteiger charge is -2.33. The normalized spacial score (nSPS) is 15.3. The van der Waals surface area contributed by atoms with Crippen LogP contribution in [0.5, 0.6) is 0 Å². The van der Waals surface area contributed by atoms with Gasteiger partial charge in [-0.2, -0.15) is 0 Å². The summed E-state index contributed by atoms with van der Waals surface area (Å²) in [5.74, 6) is 1.76. The summed E-state index contributed by atoms with van der Waals surface area (Å²) in [6.45, 7) is 6.77. The summed E-state index contributed by atoms with van der Waals surface area (Å²) < 4.78 is 16.2. The summed E-state index contributed by atoms with van der Waals surface area (Å²) in [4.78, 5) is 34.7. The molecule has 4 heterocycles. The highest BCUT2D eigenvalue weighted by molar-refractivity contribution is 7.99. The molecule has 8 nitrogen and oxygen atoms in total. The van der Waals surface area contributed by atoms with Gasteiger partial charge in [-0.15, -0.1) is 11.3 Å². The molecule has 0 bridgehead atoms. The quantitative estimate of drug-likeness (QED) is 0.178. The molecule has 1 aliphatic carbocycles. The minimum atomic E-state index is -0.395. The molecule has 1 amide bonds. The smallest absolute Gasteiger partial charge is 0.341 e. The van der Waals surface area contributed by atoms with E-state index >= 15 is 0 Å². The maximum atomic E-state index is 12.9. The van der Waals surface area contributed by atoms with Crippen LogP contribution in [0.3, 0.4) is 0 Å². The van der Waals surface area contributed by atoms with E-state index in [9.17, 15) is 9.59 Å². The van der Waals surface area contributed by atoms with Crippen molar-refractivity contribution in [1.29, 1.82) is 0 Å². The number of H-pyrrole nitrogens is 1. The number of imidazole rings is 1. The molecule has 0 saturated carbocycles. The van der Waals surface area contributed by atoms with Gasteiger partial charge in [-0.1, -0.05) is 32.5 Å². The van der Waals surface area contributed by atoms with Crippen LogP contribution in [0.2, 0.25) is 0 Å². The molecule has 5 rings (SSSR count). The fourth-order valence-electron chi connectivity index (χ4n) is 4.77. The third kappa shape index (κ3) is 5.47. The topological polar surface area (TPSA) is 110 Å². The number of ether oxygens (including phenoxy) is 1. The summed E-state index contributed by atoms with van der Waals surface area (Å²) >= 11 is 2.94. The number of aromatic nitrogens is 2. The number of esters is 1. The fourth-order valence-corrected chi connectivity index (χ4v) is 6.91. The number of thiophene rings is 1. The van der Waals surface area contributed by atoms with Crippen molar-refractivity contribution in [3.63, 3.8) is 0 Å². The molecule has 2 N–H and O–H groups in total. The van der Waals surface area contributed by atoms with Crippen molar-refractivity contribution in [2.45, 2.75) is 51.6 Å². The monoisotopic (exact) mass is 553 g/mol. The molecule has 4 aromatic heterocycles. The SMILES string of the molecule is COC(=O)c1c(NC(=O)CCSc2nc(-c3ccco3)c(-c3ccco3)[nH]2)sc2c1CCC(C(C)(C)C)C2. The Morgan fingerprint density at radius 2 is 1.95 bits per heavy atom. The minimum absolute atomic E-state index is 0.155. The van der Waals surface area contributed by atoms with Gasteiger partial charge in [0.2, 0.25) is 5.91 Å². The van der Waals surface area contributed by atoms with E-state index in [-0.39, 0.29) is 17.7 Å². The molecule has 0 saturated heterocycles. The number of carbonyl (C=O) groups excluding carboxylic acids is 2. The molecule has 200 valence electrons. The second-order valence-electron chi connectivity index (χ2n) is 10.4. The number of hydrogen-bond donors (Lipinski definition) is 2. The molecule has 10 heteroatoms. The number of methoxy groups -OCH3 is 1. The number of carbonyl (C=O) groups is 2. The van der Waals surface area contributed by atoms with Crippen molar-refractivity contribution in [3.05, 3.63) is 52.8 Å². The second kappa shape index (κ2) is 10.9. The molecular formula is C28H31N3O5S2. The van der Waals surface area contributed by atoms with Gasteiger partial charge in [0.1, 0.15) is 16.4 Å². The predicted molar refractivity (Wildman–Crippen MR) is 149 cm³/mol. The maximum Gasteiger partial charge on any atom is 0.341 e. The van der Waals surface area contributed by atoms with Crippen molar-refractivity contribution in [2.75, 3.05) is 18.2 Å². The van der Waals surface area contributed by atoms with Crippen molar-refractivity contribution in [1.82, 2.24) is 9.97 Å². The first-order chi connectivity index (χ1) is 18.2. The van der Waals surface area contributed by atoms with Gasteiger partial charge in [0.25, 0.3) is 0 Å². The van der Waals surface area contributed by atoms with Crippen molar-refractivity contribution in [2.24, 2.45) is 11.3 Å². The zero-order chi connectivity index (χ0) is 26.9. The Labute approximate surface area is 229 Å². The molecular weight excluding hydrogens is 522 g/mol. The average molecular weight is 554 g/mol. The van der Waals surface area contributed by atoms with Crippen LogP contribution in [0.4, 0.5) is 5.00 Å². The van der Waals surface area contributed by atoms with Crippen LogP contribution in [0.15, 0.2) is 50.8 Å². The number of anilines is 1. The van der Waals surface area contributed by atoms with Gasteiger partial charge in [-0.3, -0.25) is 4.79 Å². The van der Waals surface area contributed by atoms with Crippen LogP contribution in [0, 0.1) is 11.3 Å². The highest BCUT2D eigenvalue weighted by atomic mass is 32.2. The lowest BCUT2D eigenvalue weighted by molar-refractivity contribution is -0.115. The Morgan fingerprint density at radius 1 is 1.21 bits per heavy atom. The molecule has 38 heavy (non-hydrogen) atoms. The minimum Gasteiger partial charge on any atom is -0.465 e. The number of fused-ring (bicyclic) bond motifs is 1. The Balaban J connectivity index is 1.26. The van der Waals surface area contributed by atoms with E-state index < -0.39 is 5.97 Å². The van der Waals surface area contributed by atoms with E-state index in [1.165, 1.54) is 35.1 Å². The van der Waals surface area contributed by atoms with Crippen LogP contribution in [-0.2, 0) is 22.4 Å². The van der Waals surface area contributed by atoms with Crippen molar-refractivity contribution >= 4 is 40.0 Å². The highest BCUT2D eigenvalue weighted by Crippen LogP contribution is 2.44. The van der Waals surface area contributed by atoms with E-state index in [1.807, 2.05) is 18.2 Å². The number of nitrogens with zero attached hydrogens (tertiary/aromatic N) is 1. The Kier molecular flexibility index (Phi) is 7.54. The molecule has 1 unspecified atom stereocenters. The van der Waals surface area contributed by atoms with Gasteiger partial charge in [-0.25, -0.2) is 9.78 Å². The number of rotatable bonds is 8. The zero-order valence-electron chi connectivity index (χ0n) is 21.9. The number of amides is 1. The van der Waals surface area contributed by atoms with Crippen LogP contribution < -0.4 is 5.32 Å². The van der Waals surface area contributed by atoms with Gasteiger partial charge in [0, 0.05) is 17.1 Å². The van der Waals surface area contributed by atoms with Crippen LogP contribution >= 0.6 is 23.1 Å². The third-order valence-electron chi connectivity index (χ3n) is 6.90. The van der Waals surface area contributed by atoms with E-state index in [4.69, 9.17) is 13.6 Å². The highest BCUT2D eigenvalue weighted by Gasteiger charge is 2.34. The third-order valence-corrected chi connectivity index (χ3v) is 8.95. The number of thioether (sulfide) groups is 1. The number of aromatic amines is 1. The van der Waals surface area contributed by atoms with E-state index in [0.717, 1.165) is 30.5 Å². The standard InChI is InChI=1S/C28H31N3O5S2/c1-28(2,3)16-9-10-17-20(15-16)38-25(22(17)26(33)34-4)29-21(32)11-14-37-27-30-23(18-7-5-12-35-18)24(31-27)19-8-6-13-36-19/h5-8,12-13,16H,9-11,14-15H2,1-4H3,(H,29,32)(H,30,31). The lowest BCUT2D eigenvalue weighted by atomic mass is 9.72. The van der Waals surface area contributed by atoms with Gasteiger partial charge in [-0.05, 0) is 60.4 Å². The predicted octanol–water partition coefficient (Wildman–Crippen LogP) is 7.05. The second-order valence-corrected chi connectivity index (χ2v) is 12.6. The number of furan rings is 2. The van der Waals surface area contributed by atoms with Crippen LogP contribution in [0.1, 0.15) is 54.4 Å². The Bertz CT molecular complexity index is 1360. The first-order valence-electron chi connectivity index (χ1n) is 12.6. The van der Waals surface area contributed by atoms with E-state index in [2.05, 4.69) is 36.1 Å².